The molecule has 44 heavy (non-hydrogen) atoms. The first-order valence-electron chi connectivity index (χ1n) is 12.8. The molecule has 0 atom stereocenters. The van der Waals surface area contributed by atoms with Gasteiger partial charge in [-0.15, -0.1) is 11.8 Å². The molecule has 0 radical (unpaired) electrons. The number of carboxylic acid groups (broad SMARTS) is 1. The number of thioether (sulfide) groups is 1. The van der Waals surface area contributed by atoms with E-state index in [0.717, 1.165) is 6.07 Å². The zero-order chi connectivity index (χ0) is 31.6. The molecule has 0 aliphatic carbocycles. The first kappa shape index (κ1) is 31.0. The second kappa shape index (κ2) is 14.3. The second-order valence-corrected chi connectivity index (χ2v) is 10.1. The third kappa shape index (κ3) is 8.53. The highest BCUT2D eigenvalue weighted by Gasteiger charge is 2.16. The summed E-state index contributed by atoms with van der Waals surface area (Å²) in [7, 11) is 0. The molecule has 0 aliphatic heterocycles. The molecule has 13 heteroatoms. The second-order valence-electron chi connectivity index (χ2n) is 9.08. The van der Waals surface area contributed by atoms with Gasteiger partial charge in [0.25, 0.3) is 17.5 Å². The number of nitro groups is 1. The minimum Gasteiger partial charge on any atom is -0.507 e. The molecule has 0 saturated heterocycles. The first-order chi connectivity index (χ1) is 21.1. The monoisotopic (exact) mass is 612 g/mol. The van der Waals surface area contributed by atoms with Crippen molar-refractivity contribution in [1.29, 1.82) is 0 Å². The van der Waals surface area contributed by atoms with Crippen LogP contribution in [0.4, 0.5) is 17.1 Å². The molecular formula is C31H24N4O8S. The molecule has 0 saturated carbocycles. The molecule has 4 rings (SSSR count). The zero-order valence-corrected chi connectivity index (χ0v) is 23.5. The van der Waals surface area contributed by atoms with Gasteiger partial charge in [-0.05, 0) is 78.4 Å². The molecule has 4 aromatic rings. The summed E-state index contributed by atoms with van der Waals surface area (Å²) in [4.78, 5) is 60.7. The van der Waals surface area contributed by atoms with E-state index in [1.54, 1.807) is 54.6 Å². The smallest absolute Gasteiger partial charge is 0.339 e. The van der Waals surface area contributed by atoms with Gasteiger partial charge in [-0.2, -0.15) is 0 Å². The number of benzene rings is 4. The molecule has 12 nitrogen and oxygen atoms in total. The summed E-state index contributed by atoms with van der Waals surface area (Å²) >= 11 is 1.20. The number of amides is 3. The number of aromatic hydroxyl groups is 1. The van der Waals surface area contributed by atoms with E-state index >= 15 is 0 Å². The van der Waals surface area contributed by atoms with Gasteiger partial charge in [0.15, 0.2) is 0 Å². The predicted octanol–water partition coefficient (Wildman–Crippen LogP) is 5.14. The van der Waals surface area contributed by atoms with Gasteiger partial charge in [0.1, 0.15) is 17.0 Å². The van der Waals surface area contributed by atoms with Crippen molar-refractivity contribution >= 4 is 58.6 Å². The minimum atomic E-state index is -1.33. The number of nitrogens with zero attached hydrogens (tertiary/aromatic N) is 1. The largest absolute Gasteiger partial charge is 0.507 e. The Morgan fingerprint density at radius 3 is 2.14 bits per heavy atom. The van der Waals surface area contributed by atoms with Crippen LogP contribution in [0.25, 0.3) is 6.08 Å². The topological polar surface area (TPSA) is 188 Å². The standard InChI is InChI=1S/C31H24N4O8S/c36-27-15-10-22(17-25(27)31(40)41)32-28(37)18-44-24-13-8-21(9-14-24)33-30(39)26(34-29(38)20-4-2-1-3-5-20)16-19-6-11-23(12-7-19)35(42)43/h1-17,36H,18H2,(H,32,37)(H,33,39)(H,34,38)(H,40,41)/b26-16-. The van der Waals surface area contributed by atoms with E-state index in [4.69, 9.17) is 5.11 Å². The number of hydrogen-bond acceptors (Lipinski definition) is 8. The van der Waals surface area contributed by atoms with Gasteiger partial charge in [-0.25, -0.2) is 4.79 Å². The Morgan fingerprint density at radius 2 is 1.50 bits per heavy atom. The predicted molar refractivity (Wildman–Crippen MR) is 164 cm³/mol. The normalized spacial score (nSPS) is 10.9. The van der Waals surface area contributed by atoms with Crippen molar-refractivity contribution in [3.8, 4) is 5.75 Å². The number of nitro benzene ring substituents is 1. The SMILES string of the molecule is O=C(CSc1ccc(NC(=O)/C(=C/c2ccc([N+](=O)[O-])cc2)NC(=O)c2ccccc2)cc1)Nc1ccc(O)c(C(=O)O)c1. The summed E-state index contributed by atoms with van der Waals surface area (Å²) in [5.41, 5.74) is 0.850. The van der Waals surface area contributed by atoms with Gasteiger partial charge in [0.2, 0.25) is 5.91 Å². The third-order valence-corrected chi connectivity index (χ3v) is 6.95. The highest BCUT2D eigenvalue weighted by molar-refractivity contribution is 8.00. The van der Waals surface area contributed by atoms with Crippen molar-refractivity contribution in [1.82, 2.24) is 5.32 Å². The van der Waals surface area contributed by atoms with Crippen LogP contribution in [-0.4, -0.2) is 44.6 Å². The van der Waals surface area contributed by atoms with Crippen LogP contribution in [0.15, 0.2) is 108 Å². The molecule has 0 bridgehead atoms. The van der Waals surface area contributed by atoms with E-state index in [1.165, 1.54) is 54.2 Å². The summed E-state index contributed by atoms with van der Waals surface area (Å²) in [6.07, 6.45) is 1.40. The fourth-order valence-electron chi connectivity index (χ4n) is 3.77. The third-order valence-electron chi connectivity index (χ3n) is 5.94. The van der Waals surface area contributed by atoms with Crippen LogP contribution in [0, 0.1) is 10.1 Å². The van der Waals surface area contributed by atoms with E-state index in [-0.39, 0.29) is 28.4 Å². The lowest BCUT2D eigenvalue weighted by atomic mass is 10.1. The number of hydrogen-bond donors (Lipinski definition) is 5. The Balaban J connectivity index is 1.41. The van der Waals surface area contributed by atoms with Crippen LogP contribution < -0.4 is 16.0 Å². The minimum absolute atomic E-state index is 0.00261. The van der Waals surface area contributed by atoms with Gasteiger partial charge >= 0.3 is 5.97 Å². The molecule has 0 spiro atoms. The number of nitrogens with one attached hydrogen (secondary N) is 3. The molecule has 0 unspecified atom stereocenters. The number of aromatic carboxylic acids is 1. The molecule has 0 aliphatic rings. The lowest BCUT2D eigenvalue weighted by molar-refractivity contribution is -0.384. The molecular weight excluding hydrogens is 588 g/mol. The average molecular weight is 613 g/mol. The van der Waals surface area contributed by atoms with Crippen molar-refractivity contribution in [2.45, 2.75) is 4.90 Å². The highest BCUT2D eigenvalue weighted by atomic mass is 32.2. The van der Waals surface area contributed by atoms with Crippen LogP contribution in [0.2, 0.25) is 0 Å². The summed E-state index contributed by atoms with van der Waals surface area (Å²) in [6.45, 7) is 0. The van der Waals surface area contributed by atoms with E-state index in [1.807, 2.05) is 0 Å². The van der Waals surface area contributed by atoms with Crippen LogP contribution in [0.3, 0.4) is 0 Å². The number of phenols is 1. The quantitative estimate of drug-likeness (QED) is 0.0502. The van der Waals surface area contributed by atoms with Gasteiger partial charge in [0.05, 0.1) is 10.7 Å². The van der Waals surface area contributed by atoms with Gasteiger partial charge < -0.3 is 26.2 Å². The van der Waals surface area contributed by atoms with E-state index in [9.17, 15) is 34.4 Å². The zero-order valence-electron chi connectivity index (χ0n) is 22.7. The first-order valence-corrected chi connectivity index (χ1v) is 13.8. The lowest BCUT2D eigenvalue weighted by Gasteiger charge is -2.12. The van der Waals surface area contributed by atoms with E-state index < -0.39 is 34.4 Å². The van der Waals surface area contributed by atoms with Crippen molar-refractivity contribution in [2.24, 2.45) is 0 Å². The molecule has 0 fully saturated rings. The molecule has 5 N–H and O–H groups in total. The molecule has 3 amide bonds. The van der Waals surface area contributed by atoms with E-state index in [2.05, 4.69) is 16.0 Å². The molecule has 0 heterocycles. The summed E-state index contributed by atoms with van der Waals surface area (Å²) in [6, 6.07) is 24.1. The maximum atomic E-state index is 13.2. The van der Waals surface area contributed by atoms with Crippen molar-refractivity contribution < 1.29 is 34.3 Å². The number of carbonyl (C=O) groups is 4. The van der Waals surface area contributed by atoms with Crippen molar-refractivity contribution in [2.75, 3.05) is 16.4 Å². The number of anilines is 2. The summed E-state index contributed by atoms with van der Waals surface area (Å²) in [5, 5.41) is 37.6. The van der Waals surface area contributed by atoms with Crippen LogP contribution in [0.1, 0.15) is 26.3 Å². The number of rotatable bonds is 11. The Kier molecular flexibility index (Phi) is 10.1. The summed E-state index contributed by atoms with van der Waals surface area (Å²) < 4.78 is 0. The molecule has 0 aromatic heterocycles. The number of carbonyl (C=O) groups excluding carboxylic acids is 3. The Labute approximate surface area is 254 Å². The Hall–Kier alpha value is -5.95. The fraction of sp³-hybridized carbons (Fsp3) is 0.0323. The van der Waals surface area contributed by atoms with Crippen LogP contribution in [-0.2, 0) is 9.59 Å². The summed E-state index contributed by atoms with van der Waals surface area (Å²) in [5.74, 6) is -3.29. The number of non-ortho nitro benzene ring substituents is 1. The average Bonchev–Trinajstić information content (AvgIpc) is 3.01. The van der Waals surface area contributed by atoms with Gasteiger partial charge in [-0.3, -0.25) is 24.5 Å². The fourth-order valence-corrected chi connectivity index (χ4v) is 4.46. The van der Waals surface area contributed by atoms with Gasteiger partial charge in [0, 0.05) is 34.0 Å². The molecule has 222 valence electrons. The number of carboxylic acids is 1. The Bertz CT molecular complexity index is 1740. The van der Waals surface area contributed by atoms with Crippen molar-refractivity contribution in [3.63, 3.8) is 0 Å². The maximum absolute atomic E-state index is 13.2. The maximum Gasteiger partial charge on any atom is 0.339 e. The van der Waals surface area contributed by atoms with Crippen LogP contribution in [0.5, 0.6) is 5.75 Å². The van der Waals surface area contributed by atoms with Crippen molar-refractivity contribution in [3.05, 3.63) is 130 Å². The lowest BCUT2D eigenvalue weighted by Crippen LogP contribution is -2.30. The van der Waals surface area contributed by atoms with Gasteiger partial charge in [-0.1, -0.05) is 18.2 Å². The van der Waals surface area contributed by atoms with E-state index in [0.29, 0.717) is 21.7 Å². The van der Waals surface area contributed by atoms with Crippen LogP contribution >= 0.6 is 11.8 Å². The highest BCUT2D eigenvalue weighted by Crippen LogP contribution is 2.24. The molecule has 4 aromatic carbocycles. The Morgan fingerprint density at radius 1 is 0.841 bits per heavy atom.